The smallest absolute Gasteiger partial charge is 0.277 e. The van der Waals surface area contributed by atoms with Crippen LogP contribution in [0.15, 0.2) is 58.2 Å². The molecule has 31 heavy (non-hydrogen) atoms. The number of carbonyl (C=O) groups excluding carboxylic acids is 1. The molecule has 0 bridgehead atoms. The van der Waals surface area contributed by atoms with E-state index in [-0.39, 0.29) is 24.3 Å². The Balaban J connectivity index is 1.30. The number of nitrogens with zero attached hydrogens (tertiary/aromatic N) is 4. The maximum absolute atomic E-state index is 12.7. The van der Waals surface area contributed by atoms with Gasteiger partial charge in [-0.25, -0.2) is 4.98 Å². The highest BCUT2D eigenvalue weighted by molar-refractivity contribution is 7.99. The van der Waals surface area contributed by atoms with Crippen LogP contribution < -0.4 is 4.74 Å². The van der Waals surface area contributed by atoms with E-state index in [9.17, 15) is 4.79 Å². The average Bonchev–Trinajstić information content (AvgIpc) is 3.42. The summed E-state index contributed by atoms with van der Waals surface area (Å²) in [4.78, 5) is 19.0. The number of thioether (sulfide) groups is 1. The first-order valence-electron chi connectivity index (χ1n) is 9.75. The molecule has 0 N–H and O–H groups in total. The van der Waals surface area contributed by atoms with Crippen LogP contribution in [0.5, 0.6) is 5.75 Å². The molecule has 4 rings (SSSR count). The van der Waals surface area contributed by atoms with Gasteiger partial charge in [-0.3, -0.25) is 4.79 Å². The molecule has 0 spiro atoms. The van der Waals surface area contributed by atoms with Crippen LogP contribution in [0, 0.1) is 6.92 Å². The Morgan fingerprint density at radius 1 is 1.23 bits per heavy atom. The number of benzene rings is 2. The summed E-state index contributed by atoms with van der Waals surface area (Å²) in [5.41, 5.74) is 2.07. The first kappa shape index (κ1) is 21.3. The maximum Gasteiger partial charge on any atom is 0.277 e. The molecule has 1 atom stereocenters. The zero-order valence-corrected chi connectivity index (χ0v) is 19.1. The minimum atomic E-state index is -0.119. The zero-order valence-electron chi connectivity index (χ0n) is 17.4. The topological polar surface area (TPSA) is 81.4 Å². The number of rotatable bonds is 8. The fourth-order valence-electron chi connectivity index (χ4n) is 2.88. The third-order valence-electron chi connectivity index (χ3n) is 4.76. The highest BCUT2D eigenvalue weighted by atomic mass is 32.2. The molecule has 0 unspecified atom stereocenters. The average molecular weight is 455 g/mol. The summed E-state index contributed by atoms with van der Waals surface area (Å²) >= 11 is 2.82. The number of para-hydroxylation sites is 1. The third kappa shape index (κ3) is 5.23. The lowest BCUT2D eigenvalue weighted by Crippen LogP contribution is -2.31. The highest BCUT2D eigenvalue weighted by Crippen LogP contribution is 2.29. The van der Waals surface area contributed by atoms with Crippen molar-refractivity contribution in [3.05, 3.63) is 65.0 Å². The predicted octanol–water partition coefficient (Wildman–Crippen LogP) is 4.88. The molecule has 0 aliphatic heterocycles. The molecular formula is C22H22N4O3S2. The quantitative estimate of drug-likeness (QED) is 0.351. The Hall–Kier alpha value is -2.91. The lowest BCUT2D eigenvalue weighted by atomic mass is 10.2. The predicted molar refractivity (Wildman–Crippen MR) is 121 cm³/mol. The van der Waals surface area contributed by atoms with E-state index in [0.29, 0.717) is 11.1 Å². The minimum Gasteiger partial charge on any atom is -0.484 e. The summed E-state index contributed by atoms with van der Waals surface area (Å²) in [6.07, 6.45) is 0. The van der Waals surface area contributed by atoms with Crippen LogP contribution in [-0.4, -0.2) is 38.8 Å². The summed E-state index contributed by atoms with van der Waals surface area (Å²) in [7, 11) is 1.79. The van der Waals surface area contributed by atoms with Crippen molar-refractivity contribution < 1.29 is 13.9 Å². The SMILES string of the molecule is Cc1cccc(OCc2nnc(SCC(=O)N(C)[C@H](C)c3nc4ccccc4s3)o2)c1. The van der Waals surface area contributed by atoms with Gasteiger partial charge in [-0.15, -0.1) is 21.5 Å². The highest BCUT2D eigenvalue weighted by Gasteiger charge is 2.21. The number of hydrogen-bond donors (Lipinski definition) is 0. The van der Waals surface area contributed by atoms with Gasteiger partial charge in [0.2, 0.25) is 5.91 Å². The first-order chi connectivity index (χ1) is 15.0. The number of ether oxygens (including phenoxy) is 1. The normalized spacial score (nSPS) is 12.1. The molecule has 0 saturated carbocycles. The molecule has 4 aromatic rings. The molecule has 0 radical (unpaired) electrons. The fourth-order valence-corrected chi connectivity index (χ4v) is 4.65. The van der Waals surface area contributed by atoms with Crippen molar-refractivity contribution in [3.8, 4) is 5.75 Å². The molecular weight excluding hydrogens is 432 g/mol. The second kappa shape index (κ2) is 9.49. The van der Waals surface area contributed by atoms with Crippen molar-refractivity contribution in [2.75, 3.05) is 12.8 Å². The summed E-state index contributed by atoms with van der Waals surface area (Å²) in [6, 6.07) is 15.6. The maximum atomic E-state index is 12.7. The fraction of sp³-hybridized carbons (Fsp3) is 0.273. The van der Waals surface area contributed by atoms with Gasteiger partial charge in [-0.1, -0.05) is 36.0 Å². The van der Waals surface area contributed by atoms with Gasteiger partial charge in [-0.05, 0) is 43.7 Å². The van der Waals surface area contributed by atoms with E-state index >= 15 is 0 Å². The molecule has 1 amide bonds. The number of aromatic nitrogens is 3. The molecule has 0 aliphatic rings. The second-order valence-corrected chi connectivity index (χ2v) is 9.04. The van der Waals surface area contributed by atoms with E-state index in [0.717, 1.165) is 26.5 Å². The van der Waals surface area contributed by atoms with Crippen LogP contribution in [0.4, 0.5) is 0 Å². The van der Waals surface area contributed by atoms with E-state index in [4.69, 9.17) is 9.15 Å². The van der Waals surface area contributed by atoms with Crippen LogP contribution >= 0.6 is 23.1 Å². The summed E-state index contributed by atoms with van der Waals surface area (Å²) < 4.78 is 12.4. The minimum absolute atomic E-state index is 0.0347. The largest absolute Gasteiger partial charge is 0.484 e. The number of hydrogen-bond acceptors (Lipinski definition) is 8. The number of aryl methyl sites for hydroxylation is 1. The van der Waals surface area contributed by atoms with Gasteiger partial charge in [0, 0.05) is 7.05 Å². The molecule has 2 heterocycles. The Labute approximate surface area is 188 Å². The number of thiazole rings is 1. The number of amides is 1. The van der Waals surface area contributed by atoms with E-state index in [1.165, 1.54) is 11.8 Å². The van der Waals surface area contributed by atoms with E-state index in [2.05, 4.69) is 15.2 Å². The van der Waals surface area contributed by atoms with Gasteiger partial charge < -0.3 is 14.1 Å². The number of fused-ring (bicyclic) bond motifs is 1. The molecule has 160 valence electrons. The van der Waals surface area contributed by atoms with Gasteiger partial charge >= 0.3 is 0 Å². The van der Waals surface area contributed by atoms with E-state index in [1.54, 1.807) is 23.3 Å². The summed E-state index contributed by atoms with van der Waals surface area (Å²) in [5.74, 6) is 1.28. The van der Waals surface area contributed by atoms with Gasteiger partial charge in [0.15, 0.2) is 6.61 Å². The molecule has 0 aliphatic carbocycles. The third-order valence-corrected chi connectivity index (χ3v) is 6.77. The number of carbonyl (C=O) groups is 1. The molecule has 0 fully saturated rings. The Morgan fingerprint density at radius 3 is 2.87 bits per heavy atom. The van der Waals surface area contributed by atoms with Crippen molar-refractivity contribution >= 4 is 39.2 Å². The molecule has 9 heteroatoms. The lowest BCUT2D eigenvalue weighted by molar-refractivity contribution is -0.128. The lowest BCUT2D eigenvalue weighted by Gasteiger charge is -2.22. The standard InChI is InChI=1S/C22H22N4O3S2/c1-14-7-6-8-16(11-14)28-12-19-24-25-22(29-19)30-13-20(27)26(3)15(2)21-23-17-9-4-5-10-18(17)31-21/h4-11,15H,12-13H2,1-3H3/t15-/m1/s1. The van der Waals surface area contributed by atoms with Crippen LogP contribution in [-0.2, 0) is 11.4 Å². The molecule has 2 aromatic carbocycles. The zero-order chi connectivity index (χ0) is 21.8. The van der Waals surface area contributed by atoms with Crippen molar-refractivity contribution in [2.24, 2.45) is 0 Å². The van der Waals surface area contributed by atoms with Gasteiger partial charge in [0.25, 0.3) is 11.1 Å². The van der Waals surface area contributed by atoms with Crippen LogP contribution in [0.2, 0.25) is 0 Å². The summed E-state index contributed by atoms with van der Waals surface area (Å²) in [6.45, 7) is 4.16. The Morgan fingerprint density at radius 2 is 2.06 bits per heavy atom. The molecule has 2 aromatic heterocycles. The molecule has 0 saturated heterocycles. The second-order valence-electron chi connectivity index (χ2n) is 7.06. The Bertz CT molecular complexity index is 1160. The van der Waals surface area contributed by atoms with Gasteiger partial charge in [0.05, 0.1) is 22.0 Å². The Kier molecular flexibility index (Phi) is 6.53. The van der Waals surface area contributed by atoms with Gasteiger partial charge in [-0.2, -0.15) is 0 Å². The van der Waals surface area contributed by atoms with E-state index < -0.39 is 0 Å². The molecule has 7 nitrogen and oxygen atoms in total. The summed E-state index contributed by atoms with van der Waals surface area (Å²) in [5, 5.41) is 9.24. The van der Waals surface area contributed by atoms with Crippen molar-refractivity contribution in [2.45, 2.75) is 31.7 Å². The van der Waals surface area contributed by atoms with Gasteiger partial charge in [0.1, 0.15) is 10.8 Å². The first-order valence-corrected chi connectivity index (χ1v) is 11.6. The van der Waals surface area contributed by atoms with E-state index in [1.807, 2.05) is 62.4 Å². The van der Waals surface area contributed by atoms with Crippen LogP contribution in [0.1, 0.15) is 29.4 Å². The van der Waals surface area contributed by atoms with Crippen molar-refractivity contribution in [1.29, 1.82) is 0 Å². The van der Waals surface area contributed by atoms with Crippen molar-refractivity contribution in [3.63, 3.8) is 0 Å². The monoisotopic (exact) mass is 454 g/mol. The van der Waals surface area contributed by atoms with Crippen molar-refractivity contribution in [1.82, 2.24) is 20.1 Å². The van der Waals surface area contributed by atoms with Crippen LogP contribution in [0.3, 0.4) is 0 Å². The van der Waals surface area contributed by atoms with Crippen LogP contribution in [0.25, 0.3) is 10.2 Å².